The zero-order valence-corrected chi connectivity index (χ0v) is 15.8. The van der Waals surface area contributed by atoms with Crippen LogP contribution in [0.2, 0.25) is 5.02 Å². The van der Waals surface area contributed by atoms with Gasteiger partial charge in [-0.1, -0.05) is 11.6 Å². The SMILES string of the molecule is CN(/N=C\c1cnn2ccc(C#N)cc12)S(=O)(=O)c1cc([N+](=O)[O-])ccc1Cl. The molecule has 0 spiro atoms. The average Bonchev–Trinajstić information content (AvgIpc) is 3.08. The summed E-state index contributed by atoms with van der Waals surface area (Å²) in [6.45, 7) is 0. The molecule has 0 bridgehead atoms. The van der Waals surface area contributed by atoms with Gasteiger partial charge in [0, 0.05) is 30.9 Å². The number of aromatic nitrogens is 2. The van der Waals surface area contributed by atoms with Crippen LogP contribution in [0.5, 0.6) is 0 Å². The molecule has 3 aromatic rings. The minimum absolute atomic E-state index is 0.165. The number of pyridine rings is 1. The highest BCUT2D eigenvalue weighted by Crippen LogP contribution is 2.28. The number of nitrogens with zero attached hydrogens (tertiary/aromatic N) is 6. The molecule has 3 rings (SSSR count). The third-order valence-corrected chi connectivity index (χ3v) is 5.92. The van der Waals surface area contributed by atoms with Gasteiger partial charge in [-0.15, -0.1) is 0 Å². The topological polar surface area (TPSA) is 134 Å². The zero-order valence-electron chi connectivity index (χ0n) is 14.2. The number of non-ortho nitro benzene ring substituents is 1. The summed E-state index contributed by atoms with van der Waals surface area (Å²) >= 11 is 5.92. The van der Waals surface area contributed by atoms with Crippen LogP contribution in [0.4, 0.5) is 5.69 Å². The summed E-state index contributed by atoms with van der Waals surface area (Å²) in [5.41, 5.74) is 1.03. The maximum Gasteiger partial charge on any atom is 0.280 e. The summed E-state index contributed by atoms with van der Waals surface area (Å²) in [5, 5.41) is 27.7. The van der Waals surface area contributed by atoms with Crippen molar-refractivity contribution in [3.8, 4) is 6.07 Å². The number of nitro groups is 1. The van der Waals surface area contributed by atoms with Crippen LogP contribution in [-0.2, 0) is 10.0 Å². The number of hydrogen-bond acceptors (Lipinski definition) is 7. The van der Waals surface area contributed by atoms with Crippen molar-refractivity contribution in [2.24, 2.45) is 5.10 Å². The summed E-state index contributed by atoms with van der Waals surface area (Å²) in [6.07, 6.45) is 4.31. The first-order valence-corrected chi connectivity index (χ1v) is 9.40. The number of halogens is 1. The Hall–Kier alpha value is -3.49. The van der Waals surface area contributed by atoms with E-state index in [-0.39, 0.29) is 5.02 Å². The van der Waals surface area contributed by atoms with Gasteiger partial charge in [-0.2, -0.15) is 28.3 Å². The number of fused-ring (bicyclic) bond motifs is 1. The molecule has 2 heterocycles. The predicted molar refractivity (Wildman–Crippen MR) is 101 cm³/mol. The fourth-order valence-electron chi connectivity index (χ4n) is 2.32. The lowest BCUT2D eigenvalue weighted by Crippen LogP contribution is -2.22. The van der Waals surface area contributed by atoms with E-state index >= 15 is 0 Å². The Morgan fingerprint density at radius 2 is 2.14 bits per heavy atom. The molecule has 10 nitrogen and oxygen atoms in total. The minimum Gasteiger partial charge on any atom is -0.258 e. The lowest BCUT2D eigenvalue weighted by Gasteiger charge is -2.14. The van der Waals surface area contributed by atoms with E-state index in [2.05, 4.69) is 10.2 Å². The quantitative estimate of drug-likeness (QED) is 0.354. The largest absolute Gasteiger partial charge is 0.280 e. The second-order valence-electron chi connectivity index (χ2n) is 5.51. The molecule has 0 aliphatic heterocycles. The zero-order chi connectivity index (χ0) is 20.5. The van der Waals surface area contributed by atoms with Crippen molar-refractivity contribution in [1.82, 2.24) is 14.0 Å². The third kappa shape index (κ3) is 3.51. The van der Waals surface area contributed by atoms with E-state index in [1.807, 2.05) is 6.07 Å². The molecule has 1 aromatic carbocycles. The van der Waals surface area contributed by atoms with Gasteiger partial charge in [0.25, 0.3) is 15.7 Å². The van der Waals surface area contributed by atoms with E-state index in [1.54, 1.807) is 18.3 Å². The van der Waals surface area contributed by atoms with Crippen LogP contribution in [0.25, 0.3) is 5.52 Å². The number of nitriles is 1. The molecule has 12 heteroatoms. The Morgan fingerprint density at radius 1 is 1.39 bits per heavy atom. The fourth-order valence-corrected chi connectivity index (χ4v) is 3.77. The Labute approximate surface area is 164 Å². The average molecular weight is 419 g/mol. The summed E-state index contributed by atoms with van der Waals surface area (Å²) in [4.78, 5) is 9.76. The van der Waals surface area contributed by atoms with Crippen molar-refractivity contribution in [2.45, 2.75) is 4.90 Å². The minimum atomic E-state index is -4.23. The summed E-state index contributed by atoms with van der Waals surface area (Å²) in [6, 6.07) is 8.29. The van der Waals surface area contributed by atoms with Crippen molar-refractivity contribution in [1.29, 1.82) is 5.26 Å². The van der Waals surface area contributed by atoms with Gasteiger partial charge in [-0.25, -0.2) is 4.52 Å². The maximum absolute atomic E-state index is 12.7. The van der Waals surface area contributed by atoms with Gasteiger partial charge in [0.15, 0.2) is 0 Å². The Kier molecular flexibility index (Phi) is 5.00. The molecular formula is C16H11ClN6O4S. The fraction of sp³-hybridized carbons (Fsp3) is 0.0625. The number of hydrogen-bond donors (Lipinski definition) is 0. The smallest absolute Gasteiger partial charge is 0.258 e. The van der Waals surface area contributed by atoms with Gasteiger partial charge < -0.3 is 0 Å². The van der Waals surface area contributed by atoms with Crippen LogP contribution in [-0.4, -0.2) is 40.6 Å². The summed E-state index contributed by atoms with van der Waals surface area (Å²) in [7, 11) is -3.05. The van der Waals surface area contributed by atoms with Crippen molar-refractivity contribution in [2.75, 3.05) is 7.05 Å². The molecule has 2 aromatic heterocycles. The van der Waals surface area contributed by atoms with Crippen molar-refractivity contribution in [3.05, 3.63) is 69.0 Å². The predicted octanol–water partition coefficient (Wildman–Crippen LogP) is 2.42. The lowest BCUT2D eigenvalue weighted by atomic mass is 10.2. The van der Waals surface area contributed by atoms with Gasteiger partial charge in [-0.05, 0) is 18.2 Å². The molecule has 0 radical (unpaired) electrons. The highest BCUT2D eigenvalue weighted by molar-refractivity contribution is 7.89. The lowest BCUT2D eigenvalue weighted by molar-refractivity contribution is -0.385. The molecule has 0 amide bonds. The van der Waals surface area contributed by atoms with Crippen molar-refractivity contribution in [3.63, 3.8) is 0 Å². The van der Waals surface area contributed by atoms with Crippen molar-refractivity contribution >= 4 is 39.0 Å². The number of benzene rings is 1. The van der Waals surface area contributed by atoms with Gasteiger partial charge >= 0.3 is 0 Å². The molecule has 0 unspecified atom stereocenters. The van der Waals surface area contributed by atoms with Crippen LogP contribution < -0.4 is 0 Å². The molecule has 0 N–H and O–H groups in total. The highest BCUT2D eigenvalue weighted by atomic mass is 35.5. The Balaban J connectivity index is 1.96. The normalized spacial score (nSPS) is 11.6. The standard InChI is InChI=1S/C16H11ClN6O4S/c1-21(28(26,27)16-7-13(23(24)25)2-3-14(16)17)19-9-12-10-20-22-5-4-11(8-18)6-15(12)22/h2-7,9-10H,1H3/b19-9-. The Morgan fingerprint density at radius 3 is 2.82 bits per heavy atom. The number of hydrazone groups is 1. The first-order valence-electron chi connectivity index (χ1n) is 7.58. The van der Waals surface area contributed by atoms with Crippen LogP contribution in [0.1, 0.15) is 11.1 Å². The third-order valence-electron chi connectivity index (χ3n) is 3.79. The summed E-state index contributed by atoms with van der Waals surface area (Å²) < 4.78 is 27.5. The first-order chi connectivity index (χ1) is 13.2. The van der Waals surface area contributed by atoms with Crippen LogP contribution in [0.3, 0.4) is 0 Å². The number of sulfonamides is 1. The molecule has 28 heavy (non-hydrogen) atoms. The molecule has 0 aliphatic rings. The van der Waals surface area contributed by atoms with Crippen molar-refractivity contribution < 1.29 is 13.3 Å². The molecule has 0 atom stereocenters. The molecule has 142 valence electrons. The molecule has 0 saturated heterocycles. The van der Waals surface area contributed by atoms with Gasteiger partial charge in [0.05, 0.1) is 39.5 Å². The molecule has 0 aliphatic carbocycles. The Bertz CT molecular complexity index is 1260. The monoisotopic (exact) mass is 418 g/mol. The second kappa shape index (κ2) is 7.26. The molecule has 0 fully saturated rings. The first kappa shape index (κ1) is 19.3. The number of rotatable bonds is 5. The van der Waals surface area contributed by atoms with Gasteiger partial charge in [0.2, 0.25) is 0 Å². The maximum atomic E-state index is 12.7. The van der Waals surface area contributed by atoms with E-state index in [4.69, 9.17) is 16.9 Å². The van der Waals surface area contributed by atoms with Crippen LogP contribution >= 0.6 is 11.6 Å². The van der Waals surface area contributed by atoms with Crippen LogP contribution in [0, 0.1) is 21.4 Å². The number of nitro benzene ring substituents is 1. The molecule has 0 saturated carbocycles. The van der Waals surface area contributed by atoms with Gasteiger partial charge in [-0.3, -0.25) is 10.1 Å². The van der Waals surface area contributed by atoms with Gasteiger partial charge in [0.1, 0.15) is 4.90 Å². The van der Waals surface area contributed by atoms with E-state index in [0.717, 1.165) is 18.2 Å². The van der Waals surface area contributed by atoms with E-state index in [9.17, 15) is 18.5 Å². The highest BCUT2D eigenvalue weighted by Gasteiger charge is 2.25. The van der Waals surface area contributed by atoms with E-state index in [0.29, 0.717) is 21.1 Å². The molecular weight excluding hydrogens is 408 g/mol. The van der Waals surface area contributed by atoms with Crippen LogP contribution in [0.15, 0.2) is 52.7 Å². The second-order valence-corrected chi connectivity index (χ2v) is 7.84. The van der Waals surface area contributed by atoms with E-state index in [1.165, 1.54) is 24.0 Å². The van der Waals surface area contributed by atoms with E-state index < -0.39 is 25.5 Å². The summed E-state index contributed by atoms with van der Waals surface area (Å²) in [5.74, 6) is 0.